The predicted octanol–water partition coefficient (Wildman–Crippen LogP) is 1.86. The number of nitrogens with zero attached hydrogens (tertiary/aromatic N) is 1. The lowest BCUT2D eigenvalue weighted by Gasteiger charge is -2.05. The van der Waals surface area contributed by atoms with E-state index >= 15 is 0 Å². The van der Waals surface area contributed by atoms with Crippen LogP contribution < -0.4 is 5.73 Å². The Labute approximate surface area is 116 Å². The molecule has 0 aromatic heterocycles. The Bertz CT molecular complexity index is 525. The van der Waals surface area contributed by atoms with Gasteiger partial charge < -0.3 is 5.73 Å². The smallest absolute Gasteiger partial charge is 0.224 e. The van der Waals surface area contributed by atoms with Crippen molar-refractivity contribution in [3.05, 3.63) is 41.5 Å². The van der Waals surface area contributed by atoms with Gasteiger partial charge in [-0.05, 0) is 29.3 Å². The summed E-state index contributed by atoms with van der Waals surface area (Å²) in [6.45, 7) is 0. The number of hydrogen-bond acceptors (Lipinski definition) is 3. The number of nitrogens with two attached hydrogens (primary N) is 1. The summed E-state index contributed by atoms with van der Waals surface area (Å²) in [5.41, 5.74) is 7.12. The molecular formula is C15H17N2OS+. The molecule has 1 aliphatic heterocycles. The van der Waals surface area contributed by atoms with Crippen molar-refractivity contribution in [3.63, 3.8) is 0 Å². The number of rotatable bonds is 4. The summed E-state index contributed by atoms with van der Waals surface area (Å²) in [7, 11) is 0.157. The van der Waals surface area contributed by atoms with Gasteiger partial charge in [0.15, 0.2) is 5.75 Å². The van der Waals surface area contributed by atoms with E-state index in [1.165, 1.54) is 12.8 Å². The second-order valence-electron chi connectivity index (χ2n) is 4.56. The van der Waals surface area contributed by atoms with Crippen LogP contribution in [-0.2, 0) is 15.7 Å². The van der Waals surface area contributed by atoms with Gasteiger partial charge in [-0.25, -0.2) is 0 Å². The van der Waals surface area contributed by atoms with Gasteiger partial charge in [-0.3, -0.25) is 4.79 Å². The maximum Gasteiger partial charge on any atom is 0.224 e. The number of carbonyl (C=O) groups is 1. The zero-order chi connectivity index (χ0) is 13.7. The van der Waals surface area contributed by atoms with Gasteiger partial charge in [0.1, 0.15) is 23.1 Å². The molecule has 1 heterocycles. The van der Waals surface area contributed by atoms with E-state index in [1.54, 1.807) is 0 Å². The van der Waals surface area contributed by atoms with E-state index in [0.717, 1.165) is 17.1 Å². The van der Waals surface area contributed by atoms with Gasteiger partial charge in [0.2, 0.25) is 5.78 Å². The molecule has 1 saturated heterocycles. The molecule has 0 saturated carbocycles. The highest BCUT2D eigenvalue weighted by molar-refractivity contribution is 7.97. The van der Waals surface area contributed by atoms with Crippen molar-refractivity contribution < 1.29 is 4.79 Å². The Hall–Kier alpha value is -1.73. The van der Waals surface area contributed by atoms with E-state index in [9.17, 15) is 10.1 Å². The Morgan fingerprint density at radius 2 is 1.89 bits per heavy atom. The minimum absolute atomic E-state index is 0.103. The molecule has 1 aromatic rings. The monoisotopic (exact) mass is 273 g/mol. The SMILES string of the molecule is N#C/C(C(=O)C[S+]1CCCC1)=C(/N)c1ccccc1. The molecule has 3 nitrogen and oxygen atoms in total. The Morgan fingerprint density at radius 1 is 1.26 bits per heavy atom. The maximum atomic E-state index is 12.2. The van der Waals surface area contributed by atoms with Gasteiger partial charge in [0.05, 0.1) is 5.70 Å². The van der Waals surface area contributed by atoms with Crippen LogP contribution in [-0.4, -0.2) is 23.0 Å². The largest absolute Gasteiger partial charge is 0.397 e. The minimum atomic E-state index is -0.103. The zero-order valence-corrected chi connectivity index (χ0v) is 11.6. The van der Waals surface area contributed by atoms with Gasteiger partial charge in [-0.15, -0.1) is 0 Å². The third kappa shape index (κ3) is 3.39. The number of carbonyl (C=O) groups excluding carboxylic acids is 1. The van der Waals surface area contributed by atoms with Crippen LogP contribution in [0, 0.1) is 11.3 Å². The van der Waals surface area contributed by atoms with Gasteiger partial charge >= 0.3 is 0 Å². The van der Waals surface area contributed by atoms with Crippen LogP contribution in [0.25, 0.3) is 5.70 Å². The van der Waals surface area contributed by atoms with Crippen LogP contribution in [0.3, 0.4) is 0 Å². The third-order valence-corrected chi connectivity index (χ3v) is 5.60. The molecule has 1 fully saturated rings. The fourth-order valence-corrected chi connectivity index (χ4v) is 4.38. The van der Waals surface area contributed by atoms with E-state index in [1.807, 2.05) is 36.4 Å². The molecule has 0 radical (unpaired) electrons. The first-order valence-corrected chi connectivity index (χ1v) is 8.08. The second-order valence-corrected chi connectivity index (χ2v) is 6.89. The van der Waals surface area contributed by atoms with Crippen LogP contribution in [0.15, 0.2) is 35.9 Å². The molecule has 0 spiro atoms. The number of ketones is 1. The number of benzene rings is 1. The lowest BCUT2D eigenvalue weighted by atomic mass is 10.1. The molecule has 0 aliphatic carbocycles. The number of allylic oxidation sites excluding steroid dienone is 1. The molecule has 0 unspecified atom stereocenters. The lowest BCUT2D eigenvalue weighted by molar-refractivity contribution is -0.112. The summed E-state index contributed by atoms with van der Waals surface area (Å²) in [5.74, 6) is 2.62. The lowest BCUT2D eigenvalue weighted by Crippen LogP contribution is -2.21. The molecular weight excluding hydrogens is 256 g/mol. The van der Waals surface area contributed by atoms with Gasteiger partial charge in [-0.2, -0.15) is 5.26 Å². The van der Waals surface area contributed by atoms with Crippen molar-refractivity contribution in [2.75, 3.05) is 17.3 Å². The maximum absolute atomic E-state index is 12.2. The summed E-state index contributed by atoms with van der Waals surface area (Å²) in [6.07, 6.45) is 2.41. The summed E-state index contributed by atoms with van der Waals surface area (Å²) in [4.78, 5) is 12.2. The summed E-state index contributed by atoms with van der Waals surface area (Å²) in [5, 5.41) is 9.20. The van der Waals surface area contributed by atoms with Gasteiger partial charge in [-0.1, -0.05) is 30.3 Å². The first-order valence-electron chi connectivity index (χ1n) is 6.35. The van der Waals surface area contributed by atoms with Crippen molar-refractivity contribution in [3.8, 4) is 6.07 Å². The second kappa shape index (κ2) is 6.44. The van der Waals surface area contributed by atoms with E-state index < -0.39 is 0 Å². The van der Waals surface area contributed by atoms with Crippen molar-refractivity contribution in [1.82, 2.24) is 0 Å². The number of nitriles is 1. The van der Waals surface area contributed by atoms with E-state index in [-0.39, 0.29) is 22.3 Å². The van der Waals surface area contributed by atoms with Crippen LogP contribution in [0.1, 0.15) is 18.4 Å². The van der Waals surface area contributed by atoms with Crippen LogP contribution >= 0.6 is 0 Å². The molecule has 2 N–H and O–H groups in total. The first-order chi connectivity index (χ1) is 9.22. The molecule has 2 rings (SSSR count). The number of hydrogen-bond donors (Lipinski definition) is 1. The normalized spacial score (nSPS) is 16.8. The zero-order valence-electron chi connectivity index (χ0n) is 10.8. The molecule has 0 bridgehead atoms. The fourth-order valence-electron chi connectivity index (χ4n) is 2.15. The molecule has 19 heavy (non-hydrogen) atoms. The Balaban J connectivity index is 2.18. The average molecular weight is 273 g/mol. The molecule has 1 aliphatic rings. The van der Waals surface area contributed by atoms with Crippen LogP contribution in [0.4, 0.5) is 0 Å². The molecule has 98 valence electrons. The van der Waals surface area contributed by atoms with E-state index in [2.05, 4.69) is 0 Å². The average Bonchev–Trinajstić information content (AvgIpc) is 2.93. The molecule has 4 heteroatoms. The van der Waals surface area contributed by atoms with Crippen molar-refractivity contribution in [2.24, 2.45) is 5.73 Å². The highest BCUT2D eigenvalue weighted by Crippen LogP contribution is 2.18. The van der Waals surface area contributed by atoms with Crippen molar-refractivity contribution in [2.45, 2.75) is 12.8 Å². The van der Waals surface area contributed by atoms with E-state index in [4.69, 9.17) is 5.73 Å². The standard InChI is InChI=1S/C15H16N2OS/c16-10-13(14(18)11-19-8-4-5-9-19)15(17)12-6-2-1-3-7-12/h1-3,6-7H,4-5,8-9,11H2,(H-,17,18)/p+1. The van der Waals surface area contributed by atoms with Crippen molar-refractivity contribution >= 4 is 22.4 Å². The summed E-state index contributed by atoms with van der Waals surface area (Å²) < 4.78 is 0. The third-order valence-electron chi connectivity index (χ3n) is 3.20. The summed E-state index contributed by atoms with van der Waals surface area (Å²) >= 11 is 0. The van der Waals surface area contributed by atoms with Crippen LogP contribution in [0.2, 0.25) is 0 Å². The summed E-state index contributed by atoms with van der Waals surface area (Å²) in [6, 6.07) is 11.2. The highest BCUT2D eigenvalue weighted by Gasteiger charge is 2.29. The Morgan fingerprint density at radius 3 is 2.47 bits per heavy atom. The minimum Gasteiger partial charge on any atom is -0.397 e. The van der Waals surface area contributed by atoms with Gasteiger partial charge in [0, 0.05) is 0 Å². The molecule has 1 aromatic carbocycles. The van der Waals surface area contributed by atoms with Crippen LogP contribution in [0.5, 0.6) is 0 Å². The quantitative estimate of drug-likeness (QED) is 0.517. The van der Waals surface area contributed by atoms with E-state index in [0.29, 0.717) is 11.4 Å². The van der Waals surface area contributed by atoms with Crippen molar-refractivity contribution in [1.29, 1.82) is 5.26 Å². The molecule has 0 atom stereocenters. The highest BCUT2D eigenvalue weighted by atomic mass is 32.2. The topological polar surface area (TPSA) is 66.9 Å². The Kier molecular flexibility index (Phi) is 4.64. The van der Waals surface area contributed by atoms with Gasteiger partial charge in [0.25, 0.3) is 0 Å². The first kappa shape index (κ1) is 13.7. The predicted molar refractivity (Wildman–Crippen MR) is 79.4 cm³/mol. The molecule has 0 amide bonds. The fraction of sp³-hybridized carbons (Fsp3) is 0.333. The number of Topliss-reactive ketones (excluding diaryl/α,β-unsaturated/α-hetero) is 1.